The predicted octanol–water partition coefficient (Wildman–Crippen LogP) is 4.44. The van der Waals surface area contributed by atoms with Crippen molar-refractivity contribution in [1.29, 1.82) is 0 Å². The zero-order valence-corrected chi connectivity index (χ0v) is 13.7. The normalized spacial score (nSPS) is 9.95. The molecule has 0 saturated heterocycles. The fourth-order valence-corrected chi connectivity index (χ4v) is 2.21. The van der Waals surface area contributed by atoms with E-state index < -0.39 is 0 Å². The number of anilines is 2. The number of amides is 2. The van der Waals surface area contributed by atoms with Crippen molar-refractivity contribution in [3.05, 3.63) is 47.0 Å². The highest BCUT2D eigenvalue weighted by molar-refractivity contribution is 7.13. The largest absolute Gasteiger partial charge is 0.487 e. The fourth-order valence-electron chi connectivity index (χ4n) is 1.69. The molecule has 1 aromatic heterocycles. The van der Waals surface area contributed by atoms with Crippen molar-refractivity contribution in [1.82, 2.24) is 4.98 Å². The standard InChI is InChI=1S/C16H19N3O2S/c1-11(2)6-8-21-14-10-12(3)4-5-13(14)18-15(20)19-16-17-7-9-22-16/h4-7,9-10H,8H2,1-3H3,(H2,17,18,19,20). The third-order valence-electron chi connectivity index (χ3n) is 2.77. The fraction of sp³-hybridized carbons (Fsp3) is 0.250. The van der Waals surface area contributed by atoms with Gasteiger partial charge in [-0.2, -0.15) is 0 Å². The topological polar surface area (TPSA) is 63.2 Å². The van der Waals surface area contributed by atoms with E-state index in [1.165, 1.54) is 16.9 Å². The zero-order chi connectivity index (χ0) is 15.9. The first-order chi connectivity index (χ1) is 10.5. The van der Waals surface area contributed by atoms with Gasteiger partial charge in [0.25, 0.3) is 0 Å². The molecule has 2 rings (SSSR count). The summed E-state index contributed by atoms with van der Waals surface area (Å²) in [7, 11) is 0. The SMILES string of the molecule is CC(C)=CCOc1cc(C)ccc1NC(=O)Nc1nccs1. The average molecular weight is 317 g/mol. The monoisotopic (exact) mass is 317 g/mol. The summed E-state index contributed by atoms with van der Waals surface area (Å²) in [5.74, 6) is 0.645. The van der Waals surface area contributed by atoms with Crippen LogP contribution in [0.1, 0.15) is 19.4 Å². The molecule has 2 aromatic rings. The lowest BCUT2D eigenvalue weighted by Gasteiger charge is -2.12. The van der Waals surface area contributed by atoms with E-state index in [9.17, 15) is 4.79 Å². The number of hydrogen-bond acceptors (Lipinski definition) is 4. The molecular formula is C16H19N3O2S. The number of aryl methyl sites for hydroxylation is 1. The molecular weight excluding hydrogens is 298 g/mol. The molecule has 0 saturated carbocycles. The Kier molecular flexibility index (Phi) is 5.55. The summed E-state index contributed by atoms with van der Waals surface area (Å²) in [5.41, 5.74) is 2.88. The van der Waals surface area contributed by atoms with Crippen molar-refractivity contribution in [2.24, 2.45) is 0 Å². The predicted molar refractivity (Wildman–Crippen MR) is 90.9 cm³/mol. The maximum absolute atomic E-state index is 12.0. The van der Waals surface area contributed by atoms with Crippen molar-refractivity contribution in [3.63, 3.8) is 0 Å². The molecule has 2 N–H and O–H groups in total. The van der Waals surface area contributed by atoms with Gasteiger partial charge in [-0.05, 0) is 44.5 Å². The third-order valence-corrected chi connectivity index (χ3v) is 3.46. The van der Waals surface area contributed by atoms with Crippen molar-refractivity contribution in [3.8, 4) is 5.75 Å². The Bertz CT molecular complexity index is 662. The number of rotatable bonds is 5. The zero-order valence-electron chi connectivity index (χ0n) is 12.8. The van der Waals surface area contributed by atoms with Crippen molar-refractivity contribution in [2.45, 2.75) is 20.8 Å². The number of thiazole rings is 1. The first-order valence-electron chi connectivity index (χ1n) is 6.89. The van der Waals surface area contributed by atoms with E-state index in [1.807, 2.05) is 45.0 Å². The first kappa shape index (κ1) is 16.0. The van der Waals surface area contributed by atoms with Gasteiger partial charge in [0.05, 0.1) is 5.69 Å². The molecule has 0 spiro atoms. The molecule has 1 heterocycles. The van der Waals surface area contributed by atoms with E-state index in [2.05, 4.69) is 15.6 Å². The summed E-state index contributed by atoms with van der Waals surface area (Å²) >= 11 is 1.36. The lowest BCUT2D eigenvalue weighted by atomic mass is 10.2. The van der Waals surface area contributed by atoms with Crippen LogP contribution in [0.2, 0.25) is 0 Å². The van der Waals surface area contributed by atoms with Crippen LogP contribution in [-0.4, -0.2) is 17.6 Å². The number of aromatic nitrogens is 1. The van der Waals surface area contributed by atoms with E-state index in [-0.39, 0.29) is 6.03 Å². The summed E-state index contributed by atoms with van der Waals surface area (Å²) in [5, 5.41) is 7.81. The second-order valence-electron chi connectivity index (χ2n) is 5.01. The summed E-state index contributed by atoms with van der Waals surface area (Å²) in [6.07, 6.45) is 3.63. The van der Waals surface area contributed by atoms with Gasteiger partial charge in [-0.3, -0.25) is 5.32 Å². The molecule has 0 aliphatic carbocycles. The average Bonchev–Trinajstić information content (AvgIpc) is 2.94. The van der Waals surface area contributed by atoms with Gasteiger partial charge in [0.15, 0.2) is 5.13 Å². The Morgan fingerprint density at radius 2 is 2.18 bits per heavy atom. The summed E-state index contributed by atoms with van der Waals surface area (Å²) in [6, 6.07) is 5.31. The van der Waals surface area contributed by atoms with Crippen molar-refractivity contribution < 1.29 is 9.53 Å². The number of nitrogens with zero attached hydrogens (tertiary/aromatic N) is 1. The quantitative estimate of drug-likeness (QED) is 0.801. The molecule has 0 aliphatic heterocycles. The highest BCUT2D eigenvalue weighted by atomic mass is 32.1. The molecule has 22 heavy (non-hydrogen) atoms. The second-order valence-corrected chi connectivity index (χ2v) is 5.90. The molecule has 1 aromatic carbocycles. The van der Waals surface area contributed by atoms with Gasteiger partial charge in [0.2, 0.25) is 0 Å². The minimum Gasteiger partial charge on any atom is -0.487 e. The van der Waals surface area contributed by atoms with Crippen LogP contribution in [0.5, 0.6) is 5.75 Å². The molecule has 5 nitrogen and oxygen atoms in total. The number of carbonyl (C=O) groups is 1. The highest BCUT2D eigenvalue weighted by Crippen LogP contribution is 2.26. The minimum atomic E-state index is -0.342. The molecule has 6 heteroatoms. The van der Waals surface area contributed by atoms with Crippen molar-refractivity contribution >= 4 is 28.2 Å². The van der Waals surface area contributed by atoms with Crippen LogP contribution in [0, 0.1) is 6.92 Å². The van der Waals surface area contributed by atoms with Gasteiger partial charge in [0, 0.05) is 11.6 Å². The number of allylic oxidation sites excluding steroid dienone is 1. The Balaban J connectivity index is 2.05. The highest BCUT2D eigenvalue weighted by Gasteiger charge is 2.09. The summed E-state index contributed by atoms with van der Waals surface area (Å²) < 4.78 is 5.73. The molecule has 0 radical (unpaired) electrons. The smallest absolute Gasteiger partial charge is 0.325 e. The number of ether oxygens (including phenoxy) is 1. The van der Waals surface area contributed by atoms with Crippen molar-refractivity contribution in [2.75, 3.05) is 17.2 Å². The van der Waals surface area contributed by atoms with Crippen LogP contribution < -0.4 is 15.4 Å². The number of hydrogen-bond donors (Lipinski definition) is 2. The van der Waals surface area contributed by atoms with Crippen LogP contribution in [0.15, 0.2) is 41.4 Å². The third kappa shape index (κ3) is 4.89. The molecule has 116 valence electrons. The van der Waals surface area contributed by atoms with Crippen LogP contribution in [-0.2, 0) is 0 Å². The summed E-state index contributed by atoms with van der Waals surface area (Å²) in [4.78, 5) is 16.0. The van der Waals surface area contributed by atoms with Crippen LogP contribution in [0.25, 0.3) is 0 Å². The van der Waals surface area contributed by atoms with E-state index in [4.69, 9.17) is 4.74 Å². The van der Waals surface area contributed by atoms with E-state index >= 15 is 0 Å². The number of nitrogens with one attached hydrogen (secondary N) is 2. The van der Waals surface area contributed by atoms with Gasteiger partial charge in [-0.15, -0.1) is 11.3 Å². The molecule has 0 aliphatic rings. The Labute approximate surface area is 134 Å². The molecule has 2 amide bonds. The Hall–Kier alpha value is -2.34. The van der Waals surface area contributed by atoms with Gasteiger partial charge in [0.1, 0.15) is 12.4 Å². The van der Waals surface area contributed by atoms with Crippen LogP contribution in [0.3, 0.4) is 0 Å². The first-order valence-corrected chi connectivity index (χ1v) is 7.77. The molecule has 0 atom stereocenters. The van der Waals surface area contributed by atoms with Gasteiger partial charge in [-0.25, -0.2) is 9.78 Å². The van der Waals surface area contributed by atoms with Crippen LogP contribution >= 0.6 is 11.3 Å². The Morgan fingerprint density at radius 1 is 1.36 bits per heavy atom. The number of urea groups is 1. The molecule has 0 fully saturated rings. The van der Waals surface area contributed by atoms with Crippen LogP contribution in [0.4, 0.5) is 15.6 Å². The lowest BCUT2D eigenvalue weighted by molar-refractivity contribution is 0.262. The lowest BCUT2D eigenvalue weighted by Crippen LogP contribution is -2.19. The van der Waals surface area contributed by atoms with E-state index in [0.29, 0.717) is 23.2 Å². The van der Waals surface area contributed by atoms with Gasteiger partial charge >= 0.3 is 6.03 Å². The maximum Gasteiger partial charge on any atom is 0.325 e. The number of carbonyl (C=O) groups excluding carboxylic acids is 1. The minimum absolute atomic E-state index is 0.342. The Morgan fingerprint density at radius 3 is 2.86 bits per heavy atom. The molecule has 0 bridgehead atoms. The van der Waals surface area contributed by atoms with E-state index in [0.717, 1.165) is 5.56 Å². The number of benzene rings is 1. The maximum atomic E-state index is 12.0. The van der Waals surface area contributed by atoms with Gasteiger partial charge in [-0.1, -0.05) is 11.6 Å². The molecule has 0 unspecified atom stereocenters. The summed E-state index contributed by atoms with van der Waals surface area (Å²) in [6.45, 7) is 6.47. The van der Waals surface area contributed by atoms with E-state index in [1.54, 1.807) is 11.6 Å². The van der Waals surface area contributed by atoms with Gasteiger partial charge < -0.3 is 10.1 Å². The second kappa shape index (κ2) is 7.61.